The molecule has 0 amide bonds. The molecule has 0 aromatic carbocycles. The predicted molar refractivity (Wildman–Crippen MR) is 47.8 cm³/mol. The lowest BCUT2D eigenvalue weighted by atomic mass is 10.8. The highest BCUT2D eigenvalue weighted by Gasteiger charge is 1.96. The normalized spacial score (nSPS) is 9.22. The van der Waals surface area contributed by atoms with Crippen LogP contribution >= 0.6 is 24.0 Å². The van der Waals surface area contributed by atoms with Gasteiger partial charge in [0.1, 0.15) is 4.32 Å². The molecule has 0 saturated heterocycles. The van der Waals surface area contributed by atoms with Crippen molar-refractivity contribution >= 4 is 28.3 Å². The van der Waals surface area contributed by atoms with Gasteiger partial charge >= 0.3 is 0 Å². The second-order valence-corrected chi connectivity index (χ2v) is 3.53. The molecule has 0 atom stereocenters. The molecule has 9 heavy (non-hydrogen) atoms. The molecule has 0 spiro atoms. The lowest BCUT2D eigenvalue weighted by Gasteiger charge is -2.11. The number of thioether (sulfide) groups is 1. The number of hydrogen-bond donors (Lipinski definition) is 1. The lowest BCUT2D eigenvalue weighted by Crippen LogP contribution is -2.17. The third-order valence-corrected chi connectivity index (χ3v) is 2.48. The number of nitrogens with two attached hydrogens (primary N) is 1. The molecular formula is C5H12N2S2. The molecule has 0 aliphatic heterocycles. The second kappa shape index (κ2) is 5.02. The largest absolute Gasteiger partial charge is 0.364 e. The van der Waals surface area contributed by atoms with Gasteiger partial charge < -0.3 is 10.6 Å². The zero-order chi connectivity index (χ0) is 7.28. The molecule has 0 saturated carbocycles. The quantitative estimate of drug-likeness (QED) is 0.603. The summed E-state index contributed by atoms with van der Waals surface area (Å²) in [6.45, 7) is 0.693. The van der Waals surface area contributed by atoms with Crippen molar-refractivity contribution < 1.29 is 0 Å². The van der Waals surface area contributed by atoms with E-state index >= 15 is 0 Å². The molecule has 0 heterocycles. The van der Waals surface area contributed by atoms with E-state index in [1.807, 2.05) is 19.0 Å². The molecular weight excluding hydrogens is 152 g/mol. The Balaban J connectivity index is 3.28. The van der Waals surface area contributed by atoms with Crippen molar-refractivity contribution in [3.05, 3.63) is 0 Å². The van der Waals surface area contributed by atoms with Crippen molar-refractivity contribution in [3.8, 4) is 0 Å². The van der Waals surface area contributed by atoms with E-state index in [2.05, 4.69) is 0 Å². The Hall–Kier alpha value is 0.200. The highest BCUT2D eigenvalue weighted by molar-refractivity contribution is 8.22. The zero-order valence-electron chi connectivity index (χ0n) is 5.76. The summed E-state index contributed by atoms with van der Waals surface area (Å²) in [7, 11) is 3.87. The summed E-state index contributed by atoms with van der Waals surface area (Å²) < 4.78 is 0.903. The molecule has 54 valence electrons. The number of hydrogen-bond acceptors (Lipinski definition) is 3. The molecule has 0 fully saturated rings. The van der Waals surface area contributed by atoms with Gasteiger partial charge in [0.2, 0.25) is 0 Å². The summed E-state index contributed by atoms with van der Waals surface area (Å²) in [6, 6.07) is 0. The van der Waals surface area contributed by atoms with Gasteiger partial charge in [-0.15, -0.1) is 0 Å². The average Bonchev–Trinajstić information content (AvgIpc) is 1.82. The van der Waals surface area contributed by atoms with Crippen molar-refractivity contribution in [1.29, 1.82) is 0 Å². The summed E-state index contributed by atoms with van der Waals surface area (Å²) in [4.78, 5) is 1.91. The summed E-state index contributed by atoms with van der Waals surface area (Å²) in [5, 5.41) is 0. The monoisotopic (exact) mass is 164 g/mol. The van der Waals surface area contributed by atoms with Gasteiger partial charge in [-0.2, -0.15) is 0 Å². The molecule has 0 aromatic heterocycles. The highest BCUT2D eigenvalue weighted by Crippen LogP contribution is 2.03. The Morgan fingerprint density at radius 3 is 2.56 bits per heavy atom. The van der Waals surface area contributed by atoms with Crippen LogP contribution in [0.4, 0.5) is 0 Å². The van der Waals surface area contributed by atoms with E-state index in [0.29, 0.717) is 6.54 Å². The molecule has 2 N–H and O–H groups in total. The van der Waals surface area contributed by atoms with Gasteiger partial charge in [0.25, 0.3) is 0 Å². The first-order valence-electron chi connectivity index (χ1n) is 2.72. The Kier molecular flexibility index (Phi) is 5.13. The van der Waals surface area contributed by atoms with Crippen LogP contribution in [0.1, 0.15) is 0 Å². The molecule has 4 heteroatoms. The summed E-state index contributed by atoms with van der Waals surface area (Å²) in [6.07, 6.45) is 0. The molecule has 0 aliphatic carbocycles. The third-order valence-electron chi connectivity index (χ3n) is 0.709. The van der Waals surface area contributed by atoms with E-state index in [1.165, 1.54) is 0 Å². The number of rotatable bonds is 2. The van der Waals surface area contributed by atoms with Crippen LogP contribution in [0.3, 0.4) is 0 Å². The molecule has 0 rings (SSSR count). The van der Waals surface area contributed by atoms with E-state index in [1.54, 1.807) is 11.8 Å². The maximum Gasteiger partial charge on any atom is 0.135 e. The fourth-order valence-corrected chi connectivity index (χ4v) is 1.08. The average molecular weight is 164 g/mol. The highest BCUT2D eigenvalue weighted by atomic mass is 32.2. The topological polar surface area (TPSA) is 29.3 Å². The predicted octanol–water partition coefficient (Wildman–Crippen LogP) is 0.525. The number of nitrogens with zero attached hydrogens (tertiary/aromatic N) is 1. The smallest absolute Gasteiger partial charge is 0.135 e. The van der Waals surface area contributed by atoms with Crippen molar-refractivity contribution in [1.82, 2.24) is 4.90 Å². The van der Waals surface area contributed by atoms with Crippen LogP contribution in [0, 0.1) is 0 Å². The Morgan fingerprint density at radius 2 is 2.22 bits per heavy atom. The number of thiocarbonyl (C=S) groups is 1. The first-order chi connectivity index (χ1) is 4.18. The van der Waals surface area contributed by atoms with Crippen LogP contribution in [0.15, 0.2) is 0 Å². The summed E-state index contributed by atoms with van der Waals surface area (Å²) >= 11 is 6.59. The summed E-state index contributed by atoms with van der Waals surface area (Å²) in [5.41, 5.74) is 5.28. The molecule has 0 aromatic rings. The second-order valence-electron chi connectivity index (χ2n) is 1.80. The first kappa shape index (κ1) is 9.20. The Bertz CT molecular complexity index is 93.0. The Labute approximate surface area is 65.8 Å². The first-order valence-corrected chi connectivity index (χ1v) is 4.12. The third kappa shape index (κ3) is 4.69. The fraction of sp³-hybridized carbons (Fsp3) is 0.800. The summed E-state index contributed by atoms with van der Waals surface area (Å²) in [5.74, 6) is 0.914. The fourth-order valence-electron chi connectivity index (χ4n) is 0.275. The van der Waals surface area contributed by atoms with E-state index in [9.17, 15) is 0 Å². The lowest BCUT2D eigenvalue weighted by molar-refractivity contribution is 0.648. The molecule has 0 unspecified atom stereocenters. The van der Waals surface area contributed by atoms with E-state index in [-0.39, 0.29) is 0 Å². The molecule has 0 radical (unpaired) electrons. The van der Waals surface area contributed by atoms with Crippen molar-refractivity contribution in [3.63, 3.8) is 0 Å². The van der Waals surface area contributed by atoms with Gasteiger partial charge in [-0.1, -0.05) is 24.0 Å². The van der Waals surface area contributed by atoms with Crippen molar-refractivity contribution in [2.75, 3.05) is 26.4 Å². The maximum atomic E-state index is 5.28. The van der Waals surface area contributed by atoms with Crippen molar-refractivity contribution in [2.24, 2.45) is 5.73 Å². The van der Waals surface area contributed by atoms with Gasteiger partial charge in [0.05, 0.1) is 0 Å². The van der Waals surface area contributed by atoms with E-state index < -0.39 is 0 Å². The van der Waals surface area contributed by atoms with Gasteiger partial charge in [-0.3, -0.25) is 0 Å². The molecule has 0 aliphatic rings. The van der Waals surface area contributed by atoms with Crippen LogP contribution in [-0.2, 0) is 0 Å². The van der Waals surface area contributed by atoms with Crippen LogP contribution in [-0.4, -0.2) is 35.6 Å². The standard InChI is InChI=1S/C5H12N2S2/c1-7(2)5(8)9-4-3-6/h3-4,6H2,1-2H3. The maximum absolute atomic E-state index is 5.28. The van der Waals surface area contributed by atoms with Gasteiger partial charge in [0, 0.05) is 26.4 Å². The van der Waals surface area contributed by atoms with E-state index in [4.69, 9.17) is 18.0 Å². The van der Waals surface area contributed by atoms with Crippen LogP contribution < -0.4 is 5.73 Å². The Morgan fingerprint density at radius 1 is 1.67 bits per heavy atom. The van der Waals surface area contributed by atoms with Crippen LogP contribution in [0.5, 0.6) is 0 Å². The van der Waals surface area contributed by atoms with Gasteiger partial charge in [-0.05, 0) is 0 Å². The molecule has 0 bridgehead atoms. The van der Waals surface area contributed by atoms with Crippen LogP contribution in [0.25, 0.3) is 0 Å². The van der Waals surface area contributed by atoms with E-state index in [0.717, 1.165) is 10.1 Å². The van der Waals surface area contributed by atoms with Gasteiger partial charge in [-0.25, -0.2) is 0 Å². The van der Waals surface area contributed by atoms with Crippen LogP contribution in [0.2, 0.25) is 0 Å². The molecule has 2 nitrogen and oxygen atoms in total. The van der Waals surface area contributed by atoms with Crippen molar-refractivity contribution in [2.45, 2.75) is 0 Å². The zero-order valence-corrected chi connectivity index (χ0v) is 7.39. The minimum absolute atomic E-state index is 0.693. The minimum atomic E-state index is 0.693. The SMILES string of the molecule is CN(C)C(=S)SCCN. The van der Waals surface area contributed by atoms with Gasteiger partial charge in [0.15, 0.2) is 0 Å². The minimum Gasteiger partial charge on any atom is -0.364 e.